The van der Waals surface area contributed by atoms with Crippen LogP contribution in [0.1, 0.15) is 53.4 Å². The van der Waals surface area contributed by atoms with Gasteiger partial charge in [0.2, 0.25) is 0 Å². The van der Waals surface area contributed by atoms with Crippen molar-refractivity contribution in [3.63, 3.8) is 0 Å². The molecule has 1 saturated carbocycles. The smallest absolute Gasteiger partial charge is 0.315 e. The molecule has 0 bridgehead atoms. The highest BCUT2D eigenvalue weighted by Crippen LogP contribution is 2.51. The molecule has 0 heterocycles. The lowest BCUT2D eigenvalue weighted by Gasteiger charge is -2.27. The van der Waals surface area contributed by atoms with Crippen molar-refractivity contribution < 1.29 is 14.7 Å². The molecule has 0 aliphatic heterocycles. The standard InChI is InChI=1S/C14H26N2O3/c1-10(2)14(7-8-14)9-15-12(19)16-13(3,4)6-5-11(17)18/h10H,5-9H2,1-4H3,(H,17,18)(H2,15,16,19). The summed E-state index contributed by atoms with van der Waals surface area (Å²) in [6.07, 6.45) is 2.83. The van der Waals surface area contributed by atoms with E-state index in [1.54, 1.807) is 0 Å². The molecule has 0 saturated heterocycles. The van der Waals surface area contributed by atoms with E-state index in [2.05, 4.69) is 24.5 Å². The molecule has 0 spiro atoms. The van der Waals surface area contributed by atoms with Crippen LogP contribution in [0.2, 0.25) is 0 Å². The minimum Gasteiger partial charge on any atom is -0.481 e. The zero-order valence-corrected chi connectivity index (χ0v) is 12.4. The Labute approximate surface area is 115 Å². The Morgan fingerprint density at radius 3 is 2.32 bits per heavy atom. The maximum absolute atomic E-state index is 11.8. The van der Waals surface area contributed by atoms with Crippen LogP contribution >= 0.6 is 0 Å². The van der Waals surface area contributed by atoms with E-state index >= 15 is 0 Å². The summed E-state index contributed by atoms with van der Waals surface area (Å²) in [5.74, 6) is -0.264. The minimum atomic E-state index is -0.841. The summed E-state index contributed by atoms with van der Waals surface area (Å²) < 4.78 is 0. The summed E-state index contributed by atoms with van der Waals surface area (Å²) in [6.45, 7) is 8.74. The summed E-state index contributed by atoms with van der Waals surface area (Å²) in [4.78, 5) is 22.4. The van der Waals surface area contributed by atoms with Crippen molar-refractivity contribution in [2.24, 2.45) is 11.3 Å². The first kappa shape index (κ1) is 15.8. The maximum atomic E-state index is 11.8. The molecule has 5 heteroatoms. The lowest BCUT2D eigenvalue weighted by Crippen LogP contribution is -2.49. The van der Waals surface area contributed by atoms with Crippen LogP contribution in [0.3, 0.4) is 0 Å². The van der Waals surface area contributed by atoms with E-state index in [4.69, 9.17) is 5.11 Å². The second kappa shape index (κ2) is 5.80. The number of carbonyl (C=O) groups excluding carboxylic acids is 1. The van der Waals surface area contributed by atoms with Crippen LogP contribution in [-0.4, -0.2) is 29.2 Å². The third kappa shape index (κ3) is 5.09. The van der Waals surface area contributed by atoms with E-state index < -0.39 is 11.5 Å². The molecule has 5 nitrogen and oxygen atoms in total. The molecule has 0 radical (unpaired) electrons. The molecule has 19 heavy (non-hydrogen) atoms. The molecule has 3 N–H and O–H groups in total. The van der Waals surface area contributed by atoms with Crippen molar-refractivity contribution in [3.8, 4) is 0 Å². The van der Waals surface area contributed by atoms with Gasteiger partial charge in [0.25, 0.3) is 0 Å². The van der Waals surface area contributed by atoms with Gasteiger partial charge in [-0.1, -0.05) is 13.8 Å². The predicted octanol–water partition coefficient (Wildman–Crippen LogP) is 2.37. The largest absolute Gasteiger partial charge is 0.481 e. The fourth-order valence-corrected chi connectivity index (χ4v) is 2.21. The van der Waals surface area contributed by atoms with Crippen LogP contribution < -0.4 is 10.6 Å². The van der Waals surface area contributed by atoms with E-state index in [1.807, 2.05) is 13.8 Å². The van der Waals surface area contributed by atoms with Crippen molar-refractivity contribution in [3.05, 3.63) is 0 Å². The Morgan fingerprint density at radius 2 is 1.89 bits per heavy atom. The lowest BCUT2D eigenvalue weighted by molar-refractivity contribution is -0.137. The van der Waals surface area contributed by atoms with E-state index in [0.29, 0.717) is 18.9 Å². The number of amides is 2. The Kier molecular flexibility index (Phi) is 4.82. The lowest BCUT2D eigenvalue weighted by atomic mass is 9.92. The van der Waals surface area contributed by atoms with E-state index in [0.717, 1.165) is 0 Å². The highest BCUT2D eigenvalue weighted by atomic mass is 16.4. The number of hydrogen-bond donors (Lipinski definition) is 3. The predicted molar refractivity (Wildman–Crippen MR) is 74.0 cm³/mol. The first-order chi connectivity index (χ1) is 8.67. The number of hydrogen-bond acceptors (Lipinski definition) is 2. The van der Waals surface area contributed by atoms with Gasteiger partial charge in [0.05, 0.1) is 0 Å². The number of urea groups is 1. The average molecular weight is 270 g/mol. The highest BCUT2D eigenvalue weighted by molar-refractivity contribution is 5.75. The number of rotatable bonds is 7. The Balaban J connectivity index is 2.32. The Hall–Kier alpha value is -1.26. The first-order valence-electron chi connectivity index (χ1n) is 6.95. The van der Waals surface area contributed by atoms with Crippen LogP contribution in [0.25, 0.3) is 0 Å². The van der Waals surface area contributed by atoms with Crippen molar-refractivity contribution in [2.45, 2.75) is 58.9 Å². The van der Waals surface area contributed by atoms with Crippen LogP contribution in [0, 0.1) is 11.3 Å². The van der Waals surface area contributed by atoms with Crippen LogP contribution in [0.5, 0.6) is 0 Å². The second-order valence-electron chi connectivity index (χ2n) is 6.60. The van der Waals surface area contributed by atoms with Gasteiger partial charge >= 0.3 is 12.0 Å². The zero-order chi connectivity index (χ0) is 14.7. The van der Waals surface area contributed by atoms with Crippen molar-refractivity contribution in [2.75, 3.05) is 6.54 Å². The molecule has 1 rings (SSSR count). The molecule has 0 aromatic carbocycles. The molecule has 1 aliphatic carbocycles. The first-order valence-corrected chi connectivity index (χ1v) is 6.95. The summed E-state index contributed by atoms with van der Waals surface area (Å²) in [6, 6.07) is -0.206. The van der Waals surface area contributed by atoms with Gasteiger partial charge < -0.3 is 15.7 Å². The molecular weight excluding hydrogens is 244 g/mol. The third-order valence-corrected chi connectivity index (χ3v) is 4.13. The molecule has 2 amide bonds. The Bertz CT molecular complexity index is 347. The summed E-state index contributed by atoms with van der Waals surface area (Å²) >= 11 is 0. The fraction of sp³-hybridized carbons (Fsp3) is 0.857. The van der Waals surface area contributed by atoms with Gasteiger partial charge in [-0.3, -0.25) is 4.79 Å². The normalized spacial score (nSPS) is 17.1. The number of carboxylic acid groups (broad SMARTS) is 1. The van der Waals surface area contributed by atoms with Crippen molar-refractivity contribution in [1.82, 2.24) is 10.6 Å². The van der Waals surface area contributed by atoms with E-state index in [-0.39, 0.29) is 17.9 Å². The third-order valence-electron chi connectivity index (χ3n) is 4.13. The van der Waals surface area contributed by atoms with E-state index in [1.165, 1.54) is 12.8 Å². The quantitative estimate of drug-likeness (QED) is 0.664. The van der Waals surface area contributed by atoms with Gasteiger partial charge in [-0.2, -0.15) is 0 Å². The summed E-state index contributed by atoms with van der Waals surface area (Å²) in [5.41, 5.74) is -0.223. The average Bonchev–Trinajstić information content (AvgIpc) is 3.04. The molecule has 0 aromatic heterocycles. The molecule has 110 valence electrons. The molecule has 0 aromatic rings. The molecule has 1 aliphatic rings. The topological polar surface area (TPSA) is 78.4 Å². The zero-order valence-electron chi connectivity index (χ0n) is 12.4. The second-order valence-corrected chi connectivity index (χ2v) is 6.60. The molecule has 0 atom stereocenters. The maximum Gasteiger partial charge on any atom is 0.315 e. The van der Waals surface area contributed by atoms with Crippen LogP contribution in [-0.2, 0) is 4.79 Å². The monoisotopic (exact) mass is 270 g/mol. The number of aliphatic carboxylic acids is 1. The van der Waals surface area contributed by atoms with Crippen LogP contribution in [0.15, 0.2) is 0 Å². The Morgan fingerprint density at radius 1 is 1.32 bits per heavy atom. The fourth-order valence-electron chi connectivity index (χ4n) is 2.21. The van der Waals surface area contributed by atoms with Gasteiger partial charge in [-0.15, -0.1) is 0 Å². The van der Waals surface area contributed by atoms with Gasteiger partial charge in [-0.05, 0) is 44.4 Å². The number of nitrogens with one attached hydrogen (secondary N) is 2. The molecule has 0 unspecified atom stereocenters. The van der Waals surface area contributed by atoms with Gasteiger partial charge in [0, 0.05) is 18.5 Å². The number of carbonyl (C=O) groups is 2. The van der Waals surface area contributed by atoms with Gasteiger partial charge in [-0.25, -0.2) is 4.79 Å². The van der Waals surface area contributed by atoms with E-state index in [9.17, 15) is 9.59 Å². The molecule has 1 fully saturated rings. The highest BCUT2D eigenvalue weighted by Gasteiger charge is 2.45. The van der Waals surface area contributed by atoms with Crippen LogP contribution in [0.4, 0.5) is 4.79 Å². The molecular formula is C14H26N2O3. The summed E-state index contributed by atoms with van der Waals surface area (Å²) in [7, 11) is 0. The SMILES string of the molecule is CC(C)C1(CNC(=O)NC(C)(C)CCC(=O)O)CC1. The van der Waals surface area contributed by atoms with Gasteiger partial charge in [0.15, 0.2) is 0 Å². The van der Waals surface area contributed by atoms with Crippen molar-refractivity contribution >= 4 is 12.0 Å². The summed E-state index contributed by atoms with van der Waals surface area (Å²) in [5, 5.41) is 14.4. The number of carboxylic acids is 1. The van der Waals surface area contributed by atoms with Gasteiger partial charge in [0.1, 0.15) is 0 Å². The minimum absolute atomic E-state index is 0.0587. The van der Waals surface area contributed by atoms with Crippen molar-refractivity contribution in [1.29, 1.82) is 0 Å².